The van der Waals surface area contributed by atoms with Gasteiger partial charge in [0.25, 0.3) is 0 Å². The lowest BCUT2D eigenvalue weighted by Gasteiger charge is -2.27. The van der Waals surface area contributed by atoms with E-state index in [9.17, 15) is 14.7 Å². The van der Waals surface area contributed by atoms with Gasteiger partial charge in [-0.25, -0.2) is 4.79 Å². The SMILES string of the molecule is Cc1cc(N2C(=S)NC(c3ccccn3)C2c2ccc(-c3ccc(C(=O)O)cc3C)o2)ccc1NC(=O)C(C)C. The number of thiocarbonyl (C=S) groups is 1. The number of hydrogen-bond acceptors (Lipinski definition) is 5. The summed E-state index contributed by atoms with van der Waals surface area (Å²) < 4.78 is 6.45. The Bertz CT molecular complexity index is 1600. The van der Waals surface area contributed by atoms with E-state index in [-0.39, 0.29) is 29.5 Å². The van der Waals surface area contributed by atoms with Crippen molar-refractivity contribution in [2.45, 2.75) is 39.8 Å². The molecular weight excluding hydrogens is 524 g/mol. The van der Waals surface area contributed by atoms with Crippen LogP contribution in [0.1, 0.15) is 58.9 Å². The van der Waals surface area contributed by atoms with Crippen molar-refractivity contribution < 1.29 is 19.1 Å². The molecule has 40 heavy (non-hydrogen) atoms. The van der Waals surface area contributed by atoms with Crippen molar-refractivity contribution in [3.8, 4) is 11.3 Å². The van der Waals surface area contributed by atoms with E-state index in [1.165, 1.54) is 0 Å². The van der Waals surface area contributed by atoms with E-state index >= 15 is 0 Å². The van der Waals surface area contributed by atoms with Crippen molar-refractivity contribution in [3.05, 3.63) is 101 Å². The molecule has 204 valence electrons. The zero-order valence-electron chi connectivity index (χ0n) is 22.6. The van der Waals surface area contributed by atoms with Crippen molar-refractivity contribution in [2.75, 3.05) is 10.2 Å². The second-order valence-electron chi connectivity index (χ2n) is 10.2. The Kier molecular flexibility index (Phi) is 7.40. The maximum absolute atomic E-state index is 12.3. The standard InChI is InChI=1S/C31H30N4O4S/c1-17(2)29(36)33-23-11-9-21(16-19(23)4)35-28(27(34-31(35)40)24-7-5-6-14-32-24)26-13-12-25(39-26)22-10-8-20(30(37)38)15-18(22)3/h5-17,27-28H,1-4H3,(H,33,36)(H,34,40)(H,37,38). The zero-order chi connectivity index (χ0) is 28.6. The number of pyridine rings is 1. The van der Waals surface area contributed by atoms with Gasteiger partial charge in [-0.1, -0.05) is 26.0 Å². The highest BCUT2D eigenvalue weighted by atomic mass is 32.1. The van der Waals surface area contributed by atoms with Crippen LogP contribution < -0.4 is 15.5 Å². The third kappa shape index (κ3) is 5.20. The van der Waals surface area contributed by atoms with Crippen LogP contribution in [-0.4, -0.2) is 27.1 Å². The number of nitrogens with zero attached hydrogens (tertiary/aromatic N) is 2. The average molecular weight is 555 g/mol. The molecule has 9 heteroatoms. The summed E-state index contributed by atoms with van der Waals surface area (Å²) in [5.41, 5.74) is 5.15. The van der Waals surface area contributed by atoms with E-state index < -0.39 is 5.97 Å². The first-order valence-corrected chi connectivity index (χ1v) is 13.4. The van der Waals surface area contributed by atoms with Crippen LogP contribution in [0.4, 0.5) is 11.4 Å². The fraction of sp³-hybridized carbons (Fsp3) is 0.226. The molecule has 1 amide bonds. The highest BCUT2D eigenvalue weighted by Gasteiger charge is 2.42. The Balaban J connectivity index is 1.55. The molecule has 0 bridgehead atoms. The molecule has 2 atom stereocenters. The number of anilines is 2. The minimum atomic E-state index is -0.973. The molecule has 1 saturated heterocycles. The second-order valence-corrected chi connectivity index (χ2v) is 10.6. The fourth-order valence-corrected chi connectivity index (χ4v) is 5.21. The summed E-state index contributed by atoms with van der Waals surface area (Å²) >= 11 is 5.84. The molecule has 0 radical (unpaired) electrons. The number of nitrogens with one attached hydrogen (secondary N) is 2. The Morgan fingerprint density at radius 1 is 1.05 bits per heavy atom. The number of furan rings is 1. The lowest BCUT2D eigenvalue weighted by atomic mass is 10.0. The molecule has 8 nitrogen and oxygen atoms in total. The molecule has 0 spiro atoms. The summed E-state index contributed by atoms with van der Waals surface area (Å²) in [5.74, 6) is 0.158. The number of carboxylic acid groups (broad SMARTS) is 1. The maximum Gasteiger partial charge on any atom is 0.335 e. The van der Waals surface area contributed by atoms with Gasteiger partial charge in [-0.15, -0.1) is 0 Å². The minimum Gasteiger partial charge on any atom is -0.478 e. The molecule has 0 aliphatic carbocycles. The molecular formula is C31H30N4O4S. The molecule has 1 fully saturated rings. The van der Waals surface area contributed by atoms with Gasteiger partial charge < -0.3 is 25.1 Å². The Morgan fingerprint density at radius 3 is 2.50 bits per heavy atom. The highest BCUT2D eigenvalue weighted by Crippen LogP contribution is 2.43. The van der Waals surface area contributed by atoms with Crippen LogP contribution in [0.15, 0.2) is 77.3 Å². The van der Waals surface area contributed by atoms with E-state index in [1.807, 2.05) is 81.1 Å². The van der Waals surface area contributed by atoms with Crippen molar-refractivity contribution in [2.24, 2.45) is 5.92 Å². The number of carboxylic acids is 1. The van der Waals surface area contributed by atoms with E-state index in [0.717, 1.165) is 33.8 Å². The lowest BCUT2D eigenvalue weighted by molar-refractivity contribution is -0.118. The summed E-state index contributed by atoms with van der Waals surface area (Å²) in [6, 6.07) is 19.7. The molecule has 2 unspecified atom stereocenters. The number of rotatable bonds is 7. The van der Waals surface area contributed by atoms with Gasteiger partial charge in [0, 0.05) is 29.1 Å². The molecule has 4 aromatic rings. The predicted molar refractivity (Wildman–Crippen MR) is 158 cm³/mol. The van der Waals surface area contributed by atoms with Crippen molar-refractivity contribution in [1.29, 1.82) is 0 Å². The Labute approximate surface area is 238 Å². The number of carbonyl (C=O) groups is 2. The van der Waals surface area contributed by atoms with Gasteiger partial charge in [-0.3, -0.25) is 9.78 Å². The van der Waals surface area contributed by atoms with Crippen LogP contribution in [0.2, 0.25) is 0 Å². The molecule has 0 saturated carbocycles. The van der Waals surface area contributed by atoms with E-state index in [4.69, 9.17) is 16.6 Å². The summed E-state index contributed by atoms with van der Waals surface area (Å²) in [6.45, 7) is 7.53. The van der Waals surface area contributed by atoms with Gasteiger partial charge in [0.15, 0.2) is 5.11 Å². The summed E-state index contributed by atoms with van der Waals surface area (Å²) in [4.78, 5) is 30.3. The molecule has 5 rings (SSSR count). The summed E-state index contributed by atoms with van der Waals surface area (Å²) in [6.07, 6.45) is 1.75. The van der Waals surface area contributed by atoms with Crippen LogP contribution in [0.25, 0.3) is 11.3 Å². The molecule has 1 aliphatic heterocycles. The van der Waals surface area contributed by atoms with E-state index in [2.05, 4.69) is 15.6 Å². The van der Waals surface area contributed by atoms with Crippen molar-refractivity contribution in [1.82, 2.24) is 10.3 Å². The zero-order valence-corrected chi connectivity index (χ0v) is 23.5. The first-order valence-electron chi connectivity index (χ1n) is 13.0. The third-order valence-corrected chi connectivity index (χ3v) is 7.34. The van der Waals surface area contributed by atoms with Crippen LogP contribution in [0.3, 0.4) is 0 Å². The Morgan fingerprint density at radius 2 is 1.85 bits per heavy atom. The smallest absolute Gasteiger partial charge is 0.335 e. The van der Waals surface area contributed by atoms with Gasteiger partial charge in [0.2, 0.25) is 5.91 Å². The van der Waals surface area contributed by atoms with Gasteiger partial charge in [-0.05, 0) is 91.8 Å². The maximum atomic E-state index is 12.3. The van der Waals surface area contributed by atoms with Crippen LogP contribution in [-0.2, 0) is 4.79 Å². The van der Waals surface area contributed by atoms with Gasteiger partial charge >= 0.3 is 5.97 Å². The highest BCUT2D eigenvalue weighted by molar-refractivity contribution is 7.80. The lowest BCUT2D eigenvalue weighted by Crippen LogP contribution is -2.29. The molecule has 2 aromatic carbocycles. The first-order chi connectivity index (χ1) is 19.1. The first kappa shape index (κ1) is 27.1. The van der Waals surface area contributed by atoms with Gasteiger partial charge in [0.1, 0.15) is 17.6 Å². The van der Waals surface area contributed by atoms with Crippen LogP contribution >= 0.6 is 12.2 Å². The van der Waals surface area contributed by atoms with Crippen LogP contribution in [0, 0.1) is 19.8 Å². The summed E-state index contributed by atoms with van der Waals surface area (Å²) in [7, 11) is 0. The predicted octanol–water partition coefficient (Wildman–Crippen LogP) is 6.43. The minimum absolute atomic E-state index is 0.0444. The number of hydrogen-bond donors (Lipinski definition) is 3. The number of aromatic carboxylic acids is 1. The normalized spacial score (nSPS) is 16.7. The second kappa shape index (κ2) is 10.9. The van der Waals surface area contributed by atoms with Crippen LogP contribution in [0.5, 0.6) is 0 Å². The van der Waals surface area contributed by atoms with E-state index in [1.54, 1.807) is 24.4 Å². The number of aryl methyl sites for hydroxylation is 2. The third-order valence-electron chi connectivity index (χ3n) is 7.03. The summed E-state index contributed by atoms with van der Waals surface area (Å²) in [5, 5.41) is 16.3. The molecule has 3 N–H and O–H groups in total. The number of amides is 1. The largest absolute Gasteiger partial charge is 0.478 e. The number of benzene rings is 2. The van der Waals surface area contributed by atoms with Crippen molar-refractivity contribution >= 4 is 40.6 Å². The number of aromatic nitrogens is 1. The fourth-order valence-electron chi connectivity index (χ4n) is 4.87. The monoisotopic (exact) mass is 554 g/mol. The molecule has 2 aromatic heterocycles. The molecule has 1 aliphatic rings. The van der Waals surface area contributed by atoms with E-state index in [0.29, 0.717) is 16.6 Å². The number of carbonyl (C=O) groups excluding carboxylic acids is 1. The van der Waals surface area contributed by atoms with Gasteiger partial charge in [0.05, 0.1) is 17.3 Å². The topological polar surface area (TPSA) is 108 Å². The van der Waals surface area contributed by atoms with Gasteiger partial charge in [-0.2, -0.15) is 0 Å². The quantitative estimate of drug-likeness (QED) is 0.224. The average Bonchev–Trinajstić information content (AvgIpc) is 3.54. The van der Waals surface area contributed by atoms with Crippen molar-refractivity contribution in [3.63, 3.8) is 0 Å². The molecule has 3 heterocycles. The Hall–Kier alpha value is -4.50.